The van der Waals surface area contributed by atoms with Crippen LogP contribution >= 0.6 is 0 Å². The van der Waals surface area contributed by atoms with Crippen molar-refractivity contribution in [3.8, 4) is 22.6 Å². The second-order valence-corrected chi connectivity index (χ2v) is 13.0. The average molecular weight is 669 g/mol. The molecule has 2 aliphatic rings. The van der Waals surface area contributed by atoms with Gasteiger partial charge >= 0.3 is 12.5 Å². The predicted octanol–water partition coefficient (Wildman–Crippen LogP) is 12.5. The van der Waals surface area contributed by atoms with Gasteiger partial charge < -0.3 is 9.47 Å². The van der Waals surface area contributed by atoms with Crippen molar-refractivity contribution in [1.29, 1.82) is 0 Å². The molecule has 47 heavy (non-hydrogen) atoms. The summed E-state index contributed by atoms with van der Waals surface area (Å²) in [4.78, 5) is 0. The Kier molecular flexibility index (Phi) is 11.1. The zero-order chi connectivity index (χ0) is 33.8. The van der Waals surface area contributed by atoms with Crippen LogP contribution in [0.5, 0.6) is 11.5 Å². The van der Waals surface area contributed by atoms with Crippen molar-refractivity contribution in [2.24, 2.45) is 11.8 Å². The zero-order valence-corrected chi connectivity index (χ0v) is 26.3. The number of hydrogen-bond acceptors (Lipinski definition) is 2. The molecule has 0 aliphatic heterocycles. The number of alkyl halides is 5. The van der Waals surface area contributed by atoms with Crippen molar-refractivity contribution >= 4 is 0 Å². The number of ether oxygens (including phenoxy) is 2. The van der Waals surface area contributed by atoms with Crippen molar-refractivity contribution in [3.63, 3.8) is 0 Å². The second kappa shape index (κ2) is 14.9. The standard InChI is InChI=1S/C37H40F8O2/c1-2-3-4-5-23-6-8-24(9-7-23)26-12-17-31(32(38)20-26)27-13-18-30(33(39)21-27)25-10-14-28(15-11-25)36(41,42)46-29-16-19-35(34(40)22-29)47-37(43,44)45/h12-13,16-25,28H,2-11,14-15H2,1H3. The van der Waals surface area contributed by atoms with E-state index in [0.29, 0.717) is 34.7 Å². The maximum atomic E-state index is 15.4. The van der Waals surface area contributed by atoms with Gasteiger partial charge in [0.2, 0.25) is 0 Å². The topological polar surface area (TPSA) is 18.5 Å². The fourth-order valence-electron chi connectivity index (χ4n) is 7.25. The van der Waals surface area contributed by atoms with Crippen LogP contribution in [0.1, 0.15) is 107 Å². The molecule has 0 unspecified atom stereocenters. The lowest BCUT2D eigenvalue weighted by Gasteiger charge is -2.33. The van der Waals surface area contributed by atoms with E-state index in [0.717, 1.165) is 43.2 Å². The minimum atomic E-state index is -5.14. The molecule has 0 radical (unpaired) electrons. The van der Waals surface area contributed by atoms with Crippen LogP contribution in [-0.4, -0.2) is 12.5 Å². The highest BCUT2D eigenvalue weighted by Crippen LogP contribution is 2.45. The van der Waals surface area contributed by atoms with Crippen molar-refractivity contribution in [2.45, 2.75) is 108 Å². The van der Waals surface area contributed by atoms with E-state index in [2.05, 4.69) is 11.7 Å². The van der Waals surface area contributed by atoms with Gasteiger partial charge in [-0.2, -0.15) is 8.78 Å². The Morgan fingerprint density at radius 3 is 1.98 bits per heavy atom. The van der Waals surface area contributed by atoms with E-state index in [4.69, 9.17) is 4.74 Å². The van der Waals surface area contributed by atoms with E-state index < -0.39 is 47.3 Å². The number of unbranched alkanes of at least 4 members (excludes halogenated alkanes) is 2. The molecule has 0 amide bonds. The monoisotopic (exact) mass is 668 g/mol. The summed E-state index contributed by atoms with van der Waals surface area (Å²) in [6.07, 6.45) is 0.995. The van der Waals surface area contributed by atoms with E-state index in [1.54, 1.807) is 24.3 Å². The van der Waals surface area contributed by atoms with Crippen LogP contribution in [-0.2, 0) is 0 Å². The van der Waals surface area contributed by atoms with Crippen LogP contribution < -0.4 is 9.47 Å². The molecule has 0 spiro atoms. The van der Waals surface area contributed by atoms with Crippen LogP contribution in [0.25, 0.3) is 11.1 Å². The molecule has 0 heterocycles. The molecule has 0 atom stereocenters. The van der Waals surface area contributed by atoms with Crippen LogP contribution in [0.2, 0.25) is 0 Å². The van der Waals surface area contributed by atoms with Crippen LogP contribution in [0.4, 0.5) is 35.1 Å². The van der Waals surface area contributed by atoms with E-state index in [1.807, 2.05) is 6.07 Å². The van der Waals surface area contributed by atoms with E-state index in [9.17, 15) is 26.3 Å². The fourth-order valence-corrected chi connectivity index (χ4v) is 7.25. The summed E-state index contributed by atoms with van der Waals surface area (Å²) in [7, 11) is 0. The molecule has 2 aliphatic carbocycles. The molecule has 0 bridgehead atoms. The first kappa shape index (κ1) is 35.0. The summed E-state index contributed by atoms with van der Waals surface area (Å²) in [5, 5.41) is 0. The molecule has 0 N–H and O–H groups in total. The third kappa shape index (κ3) is 8.99. The van der Waals surface area contributed by atoms with Crippen LogP contribution in [0.3, 0.4) is 0 Å². The lowest BCUT2D eigenvalue weighted by atomic mass is 9.76. The number of halogens is 8. The maximum Gasteiger partial charge on any atom is 0.573 e. The molecule has 3 aromatic carbocycles. The van der Waals surface area contributed by atoms with Crippen molar-refractivity contribution in [2.75, 3.05) is 0 Å². The molecule has 2 nitrogen and oxygen atoms in total. The van der Waals surface area contributed by atoms with Crippen LogP contribution in [0, 0.1) is 29.3 Å². The van der Waals surface area contributed by atoms with Crippen molar-refractivity contribution < 1.29 is 44.6 Å². The lowest BCUT2D eigenvalue weighted by molar-refractivity contribution is -0.275. The number of benzene rings is 3. The molecular weight excluding hydrogens is 628 g/mol. The maximum absolute atomic E-state index is 15.4. The van der Waals surface area contributed by atoms with Gasteiger partial charge in [0.05, 0.1) is 5.92 Å². The Hall–Kier alpha value is -3.30. The summed E-state index contributed by atoms with van der Waals surface area (Å²) >= 11 is 0. The summed E-state index contributed by atoms with van der Waals surface area (Å²) in [6.45, 7) is 2.21. The Balaban J connectivity index is 1.16. The van der Waals surface area contributed by atoms with Gasteiger partial charge in [0.15, 0.2) is 11.6 Å². The van der Waals surface area contributed by atoms with Gasteiger partial charge in [-0.1, -0.05) is 56.9 Å². The van der Waals surface area contributed by atoms with Gasteiger partial charge in [-0.15, -0.1) is 13.2 Å². The van der Waals surface area contributed by atoms with Gasteiger partial charge in [0.1, 0.15) is 17.4 Å². The summed E-state index contributed by atoms with van der Waals surface area (Å²) in [5.41, 5.74) is 2.06. The minimum absolute atomic E-state index is 0.0205. The SMILES string of the molecule is CCCCCC1CCC(c2ccc(-c3ccc(C4CCC(C(F)(F)Oc5ccc(OC(F)(F)F)c(F)c5)CC4)c(F)c3)c(F)c2)CC1. The Bertz CT molecular complexity index is 1490. The summed E-state index contributed by atoms with van der Waals surface area (Å²) in [6, 6.07) is 11.5. The quantitative estimate of drug-likeness (QED) is 0.150. The van der Waals surface area contributed by atoms with Gasteiger partial charge in [-0.05, 0) is 110 Å². The highest BCUT2D eigenvalue weighted by Gasteiger charge is 2.44. The summed E-state index contributed by atoms with van der Waals surface area (Å²) < 4.78 is 120. The van der Waals surface area contributed by atoms with E-state index in [-0.39, 0.29) is 31.6 Å². The second-order valence-electron chi connectivity index (χ2n) is 13.0. The Morgan fingerprint density at radius 1 is 0.660 bits per heavy atom. The van der Waals surface area contributed by atoms with Gasteiger partial charge in [0.25, 0.3) is 0 Å². The van der Waals surface area contributed by atoms with Gasteiger partial charge in [0, 0.05) is 11.6 Å². The first-order valence-electron chi connectivity index (χ1n) is 16.5. The predicted molar refractivity (Wildman–Crippen MR) is 164 cm³/mol. The molecule has 0 aromatic heterocycles. The molecule has 256 valence electrons. The third-order valence-corrected chi connectivity index (χ3v) is 9.86. The van der Waals surface area contributed by atoms with Gasteiger partial charge in [-0.3, -0.25) is 0 Å². The lowest BCUT2D eigenvalue weighted by Crippen LogP contribution is -2.37. The third-order valence-electron chi connectivity index (χ3n) is 9.86. The fraction of sp³-hybridized carbons (Fsp3) is 0.514. The highest BCUT2D eigenvalue weighted by molar-refractivity contribution is 5.65. The van der Waals surface area contributed by atoms with E-state index >= 15 is 8.78 Å². The molecule has 5 rings (SSSR count). The number of rotatable bonds is 11. The van der Waals surface area contributed by atoms with E-state index in [1.165, 1.54) is 31.7 Å². The molecule has 0 saturated heterocycles. The largest absolute Gasteiger partial charge is 0.573 e. The first-order valence-corrected chi connectivity index (χ1v) is 16.5. The van der Waals surface area contributed by atoms with Crippen LogP contribution in [0.15, 0.2) is 54.6 Å². The van der Waals surface area contributed by atoms with Gasteiger partial charge in [-0.25, -0.2) is 13.2 Å². The minimum Gasteiger partial charge on any atom is -0.432 e. The molecule has 2 saturated carbocycles. The average Bonchev–Trinajstić information content (AvgIpc) is 3.02. The first-order chi connectivity index (χ1) is 22.3. The molecular formula is C37H40F8O2. The highest BCUT2D eigenvalue weighted by atomic mass is 19.4. The van der Waals surface area contributed by atoms with Crippen molar-refractivity contribution in [1.82, 2.24) is 0 Å². The molecule has 3 aromatic rings. The molecule has 10 heteroatoms. The molecule has 2 fully saturated rings. The normalized spacial score (nSPS) is 22.2. The smallest absolute Gasteiger partial charge is 0.432 e. The number of hydrogen-bond donors (Lipinski definition) is 0. The van der Waals surface area contributed by atoms with Crippen molar-refractivity contribution in [3.05, 3.63) is 83.2 Å². The Morgan fingerprint density at radius 2 is 1.36 bits per heavy atom. The Labute approximate surface area is 270 Å². The summed E-state index contributed by atoms with van der Waals surface area (Å²) in [5.74, 6) is -4.75. The zero-order valence-electron chi connectivity index (χ0n) is 26.3.